The summed E-state index contributed by atoms with van der Waals surface area (Å²) in [5.74, 6) is -1.54. The van der Waals surface area contributed by atoms with Crippen LogP contribution in [0.1, 0.15) is 29.5 Å². The van der Waals surface area contributed by atoms with E-state index in [0.717, 1.165) is 11.6 Å². The molecule has 0 aliphatic carbocycles. The highest BCUT2D eigenvalue weighted by Gasteiger charge is 2.39. The van der Waals surface area contributed by atoms with Crippen molar-refractivity contribution < 1.29 is 26.4 Å². The second-order valence-corrected chi connectivity index (χ2v) is 10.1. The standard InChI is InChI=1S/C24H24F2N2O4S/c1-2-33(30,31)27-21-8-9-28(24(29)23-7-4-10-32-23)22(21)12-16-5-3-6-17(11-16)18-13-19(25)15-20(26)14-18/h3-7,10-11,13-15,21-22,27H,2,8-9,12H2,1H3/t21-,22-/m0/s1. The fraction of sp³-hybridized carbons (Fsp3) is 0.292. The van der Waals surface area contributed by atoms with Gasteiger partial charge in [0.15, 0.2) is 5.76 Å². The molecular formula is C24H24F2N2O4S. The monoisotopic (exact) mass is 474 g/mol. The lowest BCUT2D eigenvalue weighted by Gasteiger charge is -2.28. The van der Waals surface area contributed by atoms with Crippen LogP contribution in [-0.4, -0.2) is 43.6 Å². The Hall–Kier alpha value is -3.04. The number of likely N-dealkylation sites (tertiary alicyclic amines) is 1. The summed E-state index contributed by atoms with van der Waals surface area (Å²) in [5.41, 5.74) is 1.83. The van der Waals surface area contributed by atoms with Crippen molar-refractivity contribution >= 4 is 15.9 Å². The number of hydrogen-bond donors (Lipinski definition) is 1. The van der Waals surface area contributed by atoms with Crippen LogP contribution in [-0.2, 0) is 16.4 Å². The Morgan fingerprint density at radius 3 is 2.52 bits per heavy atom. The number of amides is 1. The molecule has 0 bridgehead atoms. The Bertz CT molecular complexity index is 1220. The minimum atomic E-state index is -3.49. The van der Waals surface area contributed by atoms with Gasteiger partial charge in [0.25, 0.3) is 5.91 Å². The number of carbonyl (C=O) groups excluding carboxylic acids is 1. The molecule has 1 fully saturated rings. The zero-order valence-electron chi connectivity index (χ0n) is 18.0. The molecule has 9 heteroatoms. The smallest absolute Gasteiger partial charge is 0.289 e. The number of nitrogens with one attached hydrogen (secondary N) is 1. The molecule has 174 valence electrons. The van der Waals surface area contributed by atoms with Gasteiger partial charge in [-0.15, -0.1) is 0 Å². The molecule has 6 nitrogen and oxygen atoms in total. The number of benzene rings is 2. The number of carbonyl (C=O) groups is 1. The Morgan fingerprint density at radius 1 is 1.09 bits per heavy atom. The third-order valence-corrected chi connectivity index (χ3v) is 7.24. The highest BCUT2D eigenvalue weighted by Crippen LogP contribution is 2.28. The molecule has 1 N–H and O–H groups in total. The summed E-state index contributed by atoms with van der Waals surface area (Å²) in [6.07, 6.45) is 2.23. The molecule has 0 saturated carbocycles. The lowest BCUT2D eigenvalue weighted by Crippen LogP contribution is -2.48. The van der Waals surface area contributed by atoms with Gasteiger partial charge >= 0.3 is 0 Å². The lowest BCUT2D eigenvalue weighted by atomic mass is 9.96. The zero-order chi connectivity index (χ0) is 23.6. The quantitative estimate of drug-likeness (QED) is 0.562. The number of nitrogens with zero attached hydrogens (tertiary/aromatic N) is 1. The van der Waals surface area contributed by atoms with E-state index in [1.165, 1.54) is 18.4 Å². The van der Waals surface area contributed by atoms with Gasteiger partial charge in [0, 0.05) is 18.7 Å². The molecule has 0 radical (unpaired) electrons. The Morgan fingerprint density at radius 2 is 1.85 bits per heavy atom. The van der Waals surface area contributed by atoms with E-state index in [-0.39, 0.29) is 17.4 Å². The van der Waals surface area contributed by atoms with E-state index >= 15 is 0 Å². The highest BCUT2D eigenvalue weighted by atomic mass is 32.2. The summed E-state index contributed by atoms with van der Waals surface area (Å²) in [5, 5.41) is 0. The van der Waals surface area contributed by atoms with Gasteiger partial charge in [-0.3, -0.25) is 4.79 Å². The van der Waals surface area contributed by atoms with Gasteiger partial charge < -0.3 is 9.32 Å². The molecule has 0 unspecified atom stereocenters. The minimum Gasteiger partial charge on any atom is -0.459 e. The molecule has 33 heavy (non-hydrogen) atoms. The van der Waals surface area contributed by atoms with Crippen molar-refractivity contribution in [3.05, 3.63) is 83.8 Å². The molecule has 1 aliphatic rings. The number of halogens is 2. The molecule has 1 aromatic heterocycles. The molecule has 1 saturated heterocycles. The normalized spacial score (nSPS) is 18.6. The van der Waals surface area contributed by atoms with E-state index in [2.05, 4.69) is 4.72 Å². The first-order valence-corrected chi connectivity index (χ1v) is 12.3. The molecule has 2 heterocycles. The molecule has 1 aliphatic heterocycles. The highest BCUT2D eigenvalue weighted by molar-refractivity contribution is 7.89. The van der Waals surface area contributed by atoms with E-state index < -0.39 is 33.7 Å². The van der Waals surface area contributed by atoms with Crippen molar-refractivity contribution in [3.8, 4) is 11.1 Å². The van der Waals surface area contributed by atoms with Crippen molar-refractivity contribution in [1.82, 2.24) is 9.62 Å². The molecule has 4 rings (SSSR count). The fourth-order valence-corrected chi connectivity index (χ4v) is 5.09. The third-order valence-electron chi connectivity index (χ3n) is 5.82. The second-order valence-electron chi connectivity index (χ2n) is 8.02. The summed E-state index contributed by atoms with van der Waals surface area (Å²) >= 11 is 0. The maximum Gasteiger partial charge on any atom is 0.289 e. The van der Waals surface area contributed by atoms with E-state index in [1.807, 2.05) is 6.07 Å². The Balaban J connectivity index is 1.64. The summed E-state index contributed by atoms with van der Waals surface area (Å²) < 4.78 is 59.9. The van der Waals surface area contributed by atoms with Crippen LogP contribution in [0.2, 0.25) is 0 Å². The van der Waals surface area contributed by atoms with Gasteiger partial charge in [-0.2, -0.15) is 0 Å². The number of rotatable bonds is 7. The zero-order valence-corrected chi connectivity index (χ0v) is 18.8. The molecule has 0 spiro atoms. The second kappa shape index (κ2) is 9.44. The topological polar surface area (TPSA) is 79.6 Å². The van der Waals surface area contributed by atoms with Crippen LogP contribution >= 0.6 is 0 Å². The van der Waals surface area contributed by atoms with Crippen LogP contribution in [0.3, 0.4) is 0 Å². The van der Waals surface area contributed by atoms with Crippen LogP contribution in [0, 0.1) is 11.6 Å². The largest absolute Gasteiger partial charge is 0.459 e. The van der Waals surface area contributed by atoms with E-state index in [9.17, 15) is 22.0 Å². The summed E-state index contributed by atoms with van der Waals surface area (Å²) in [7, 11) is -3.49. The predicted octanol–water partition coefficient (Wildman–Crippen LogP) is 3.99. The predicted molar refractivity (Wildman–Crippen MR) is 120 cm³/mol. The van der Waals surface area contributed by atoms with E-state index in [1.54, 1.807) is 42.2 Å². The number of hydrogen-bond acceptors (Lipinski definition) is 4. The van der Waals surface area contributed by atoms with Crippen LogP contribution < -0.4 is 4.72 Å². The summed E-state index contributed by atoms with van der Waals surface area (Å²) in [6, 6.07) is 12.7. The van der Waals surface area contributed by atoms with Gasteiger partial charge in [0.1, 0.15) is 11.6 Å². The Labute approximate surface area is 191 Å². The van der Waals surface area contributed by atoms with Crippen molar-refractivity contribution in [1.29, 1.82) is 0 Å². The van der Waals surface area contributed by atoms with Gasteiger partial charge in [0.2, 0.25) is 10.0 Å². The number of furan rings is 1. The van der Waals surface area contributed by atoms with Gasteiger partial charge in [0.05, 0.1) is 18.1 Å². The van der Waals surface area contributed by atoms with Crippen LogP contribution in [0.4, 0.5) is 8.78 Å². The molecular weight excluding hydrogens is 450 g/mol. The third kappa shape index (κ3) is 5.31. The first-order valence-electron chi connectivity index (χ1n) is 10.7. The summed E-state index contributed by atoms with van der Waals surface area (Å²) in [4.78, 5) is 14.6. The Kier molecular flexibility index (Phi) is 6.62. The van der Waals surface area contributed by atoms with E-state index in [0.29, 0.717) is 30.5 Å². The van der Waals surface area contributed by atoms with E-state index in [4.69, 9.17) is 4.42 Å². The molecule has 2 aromatic carbocycles. The van der Waals surface area contributed by atoms with Gasteiger partial charge in [-0.1, -0.05) is 24.3 Å². The van der Waals surface area contributed by atoms with Crippen LogP contribution in [0.15, 0.2) is 65.3 Å². The lowest BCUT2D eigenvalue weighted by molar-refractivity contribution is 0.0696. The maximum atomic E-state index is 13.7. The average molecular weight is 475 g/mol. The fourth-order valence-electron chi connectivity index (χ4n) is 4.19. The first-order chi connectivity index (χ1) is 15.8. The molecule has 1 amide bonds. The average Bonchev–Trinajstić information content (AvgIpc) is 3.44. The van der Waals surface area contributed by atoms with Crippen molar-refractivity contribution in [2.75, 3.05) is 12.3 Å². The van der Waals surface area contributed by atoms with Gasteiger partial charge in [-0.05, 0) is 60.7 Å². The van der Waals surface area contributed by atoms with Crippen LogP contribution in [0.5, 0.6) is 0 Å². The SMILES string of the molecule is CCS(=O)(=O)N[C@H]1CCN(C(=O)c2ccco2)[C@H]1Cc1cccc(-c2cc(F)cc(F)c2)c1. The maximum absolute atomic E-state index is 13.7. The molecule has 2 atom stereocenters. The van der Waals surface area contributed by atoms with Crippen LogP contribution in [0.25, 0.3) is 11.1 Å². The summed E-state index contributed by atoms with van der Waals surface area (Å²) in [6.45, 7) is 1.93. The van der Waals surface area contributed by atoms with Crippen molar-refractivity contribution in [2.24, 2.45) is 0 Å². The number of sulfonamides is 1. The van der Waals surface area contributed by atoms with Crippen molar-refractivity contribution in [3.63, 3.8) is 0 Å². The first kappa shape index (κ1) is 23.1. The molecule has 3 aromatic rings. The van der Waals surface area contributed by atoms with Crippen molar-refractivity contribution in [2.45, 2.75) is 31.8 Å². The van der Waals surface area contributed by atoms with Gasteiger partial charge in [-0.25, -0.2) is 21.9 Å². The minimum absolute atomic E-state index is 0.0665.